The molecule has 2 rings (SSSR count). The summed E-state index contributed by atoms with van der Waals surface area (Å²) in [5, 5.41) is 0.609. The average Bonchev–Trinajstić information content (AvgIpc) is 2.41. The Balaban J connectivity index is 2.29. The van der Waals surface area contributed by atoms with Gasteiger partial charge in [-0.2, -0.15) is 0 Å². The second-order valence-electron chi connectivity index (χ2n) is 4.63. The van der Waals surface area contributed by atoms with Gasteiger partial charge in [-0.05, 0) is 42.7 Å². The molecule has 2 aromatic rings. The number of rotatable bonds is 4. The number of nitrogens with two attached hydrogens (primary N) is 1. The molecule has 3 heteroatoms. The number of hydrogen-bond acceptors (Lipinski definition) is 2. The summed E-state index contributed by atoms with van der Waals surface area (Å²) in [5.74, 6) is 0.681. The van der Waals surface area contributed by atoms with Gasteiger partial charge >= 0.3 is 0 Å². The normalized spacial score (nSPS) is 12.2. The van der Waals surface area contributed by atoms with Gasteiger partial charge in [0, 0.05) is 6.54 Å². The first kappa shape index (κ1) is 13.9. The predicted molar refractivity (Wildman–Crippen MR) is 79.8 cm³/mol. The molecule has 0 aliphatic heterocycles. The Hall–Kier alpha value is -1.51. The van der Waals surface area contributed by atoms with Crippen molar-refractivity contribution in [2.24, 2.45) is 5.73 Å². The third-order valence-electron chi connectivity index (χ3n) is 3.11. The van der Waals surface area contributed by atoms with Gasteiger partial charge in [-0.3, -0.25) is 0 Å². The van der Waals surface area contributed by atoms with E-state index < -0.39 is 0 Å². The van der Waals surface area contributed by atoms with Crippen LogP contribution in [0.5, 0.6) is 5.75 Å². The van der Waals surface area contributed by atoms with Gasteiger partial charge in [-0.15, -0.1) is 0 Å². The molecule has 0 fully saturated rings. The molecule has 0 amide bonds. The first-order chi connectivity index (χ1) is 9.11. The second kappa shape index (κ2) is 6.09. The van der Waals surface area contributed by atoms with Gasteiger partial charge in [0.25, 0.3) is 0 Å². The molecule has 100 valence electrons. The summed E-state index contributed by atoms with van der Waals surface area (Å²) in [7, 11) is 0. The molecular formula is C16H18ClNO. The zero-order valence-corrected chi connectivity index (χ0v) is 11.9. The van der Waals surface area contributed by atoms with Crippen LogP contribution in [0.15, 0.2) is 42.5 Å². The predicted octanol–water partition coefficient (Wildman–Crippen LogP) is 4.04. The molecule has 0 saturated carbocycles. The second-order valence-corrected chi connectivity index (χ2v) is 5.04. The van der Waals surface area contributed by atoms with Crippen LogP contribution in [0.1, 0.15) is 22.8 Å². The molecule has 1 atom stereocenters. The fourth-order valence-corrected chi connectivity index (χ4v) is 2.20. The quantitative estimate of drug-likeness (QED) is 0.914. The molecule has 2 nitrogen and oxygen atoms in total. The zero-order chi connectivity index (χ0) is 13.8. The lowest BCUT2D eigenvalue weighted by Crippen LogP contribution is -2.19. The van der Waals surface area contributed by atoms with Gasteiger partial charge < -0.3 is 10.5 Å². The van der Waals surface area contributed by atoms with E-state index in [4.69, 9.17) is 22.1 Å². The Morgan fingerprint density at radius 3 is 2.58 bits per heavy atom. The molecular weight excluding hydrogens is 258 g/mol. The van der Waals surface area contributed by atoms with Crippen molar-refractivity contribution in [1.82, 2.24) is 0 Å². The molecule has 0 aromatic heterocycles. The molecule has 0 heterocycles. The van der Waals surface area contributed by atoms with E-state index in [1.807, 2.05) is 43.3 Å². The summed E-state index contributed by atoms with van der Waals surface area (Å²) in [6.07, 6.45) is -0.180. The van der Waals surface area contributed by atoms with Gasteiger partial charge in [0.2, 0.25) is 0 Å². The minimum atomic E-state index is -0.180. The summed E-state index contributed by atoms with van der Waals surface area (Å²) in [6.45, 7) is 4.47. The largest absolute Gasteiger partial charge is 0.483 e. The Labute approximate surface area is 119 Å². The molecule has 0 radical (unpaired) electrons. The summed E-state index contributed by atoms with van der Waals surface area (Å²) in [4.78, 5) is 0. The standard InChI is InChI=1S/C16H18ClNO/c1-11-7-8-14(17)15(9-11)19-16(10-18)13-6-4-3-5-12(13)2/h3-9,16H,10,18H2,1-2H3. The lowest BCUT2D eigenvalue weighted by Gasteiger charge is -2.20. The van der Waals surface area contributed by atoms with Crippen LogP contribution in [0.2, 0.25) is 5.02 Å². The van der Waals surface area contributed by atoms with E-state index in [2.05, 4.69) is 13.0 Å². The molecule has 2 N–H and O–H groups in total. The maximum Gasteiger partial charge on any atom is 0.139 e. The van der Waals surface area contributed by atoms with Crippen molar-refractivity contribution in [2.75, 3.05) is 6.54 Å². The van der Waals surface area contributed by atoms with E-state index in [0.29, 0.717) is 17.3 Å². The van der Waals surface area contributed by atoms with Crippen LogP contribution < -0.4 is 10.5 Å². The van der Waals surface area contributed by atoms with Crippen LogP contribution in [-0.2, 0) is 0 Å². The van der Waals surface area contributed by atoms with Gasteiger partial charge in [-0.1, -0.05) is 41.9 Å². The highest BCUT2D eigenvalue weighted by Crippen LogP contribution is 2.30. The fourth-order valence-electron chi connectivity index (χ4n) is 2.04. The van der Waals surface area contributed by atoms with Crippen molar-refractivity contribution in [3.05, 3.63) is 64.2 Å². The average molecular weight is 276 g/mol. The van der Waals surface area contributed by atoms with E-state index in [0.717, 1.165) is 11.1 Å². The smallest absolute Gasteiger partial charge is 0.139 e. The topological polar surface area (TPSA) is 35.2 Å². The van der Waals surface area contributed by atoms with E-state index >= 15 is 0 Å². The van der Waals surface area contributed by atoms with Crippen LogP contribution in [0.3, 0.4) is 0 Å². The maximum atomic E-state index is 6.16. The Bertz CT molecular complexity index is 568. The van der Waals surface area contributed by atoms with Crippen molar-refractivity contribution in [2.45, 2.75) is 20.0 Å². The lowest BCUT2D eigenvalue weighted by molar-refractivity contribution is 0.213. The minimum absolute atomic E-state index is 0.180. The maximum absolute atomic E-state index is 6.16. The summed E-state index contributed by atoms with van der Waals surface area (Å²) < 4.78 is 5.99. The Kier molecular flexibility index (Phi) is 4.46. The molecule has 0 saturated heterocycles. The first-order valence-electron chi connectivity index (χ1n) is 6.30. The van der Waals surface area contributed by atoms with Crippen LogP contribution in [0.25, 0.3) is 0 Å². The van der Waals surface area contributed by atoms with Gasteiger partial charge in [0.1, 0.15) is 11.9 Å². The number of ether oxygens (including phenoxy) is 1. The SMILES string of the molecule is Cc1ccc(Cl)c(OC(CN)c2ccccc2C)c1. The summed E-state index contributed by atoms with van der Waals surface area (Å²) in [5.41, 5.74) is 9.22. The molecule has 19 heavy (non-hydrogen) atoms. The van der Waals surface area contributed by atoms with Gasteiger partial charge in [-0.25, -0.2) is 0 Å². The molecule has 0 aliphatic carbocycles. The van der Waals surface area contributed by atoms with Crippen molar-refractivity contribution in [3.63, 3.8) is 0 Å². The Morgan fingerprint density at radius 1 is 1.16 bits per heavy atom. The molecule has 0 bridgehead atoms. The lowest BCUT2D eigenvalue weighted by atomic mass is 10.0. The molecule has 0 spiro atoms. The van der Waals surface area contributed by atoms with E-state index in [9.17, 15) is 0 Å². The highest BCUT2D eigenvalue weighted by atomic mass is 35.5. The van der Waals surface area contributed by atoms with Crippen molar-refractivity contribution in [1.29, 1.82) is 0 Å². The zero-order valence-electron chi connectivity index (χ0n) is 11.2. The number of aryl methyl sites for hydroxylation is 2. The highest BCUT2D eigenvalue weighted by molar-refractivity contribution is 6.32. The number of halogens is 1. The monoisotopic (exact) mass is 275 g/mol. The summed E-state index contributed by atoms with van der Waals surface area (Å²) in [6, 6.07) is 13.8. The van der Waals surface area contributed by atoms with Crippen LogP contribution in [-0.4, -0.2) is 6.54 Å². The van der Waals surface area contributed by atoms with Crippen LogP contribution in [0.4, 0.5) is 0 Å². The van der Waals surface area contributed by atoms with E-state index in [1.54, 1.807) is 0 Å². The van der Waals surface area contributed by atoms with Gasteiger partial charge in [0.15, 0.2) is 0 Å². The van der Waals surface area contributed by atoms with Crippen LogP contribution >= 0.6 is 11.6 Å². The van der Waals surface area contributed by atoms with Crippen molar-refractivity contribution in [3.8, 4) is 5.75 Å². The van der Waals surface area contributed by atoms with Gasteiger partial charge in [0.05, 0.1) is 5.02 Å². The fraction of sp³-hybridized carbons (Fsp3) is 0.250. The number of hydrogen-bond donors (Lipinski definition) is 1. The van der Waals surface area contributed by atoms with Crippen LogP contribution in [0, 0.1) is 13.8 Å². The number of benzene rings is 2. The summed E-state index contributed by atoms with van der Waals surface area (Å²) >= 11 is 6.16. The van der Waals surface area contributed by atoms with Crippen molar-refractivity contribution < 1.29 is 4.74 Å². The third-order valence-corrected chi connectivity index (χ3v) is 3.42. The van der Waals surface area contributed by atoms with E-state index in [1.165, 1.54) is 5.56 Å². The Morgan fingerprint density at radius 2 is 1.89 bits per heavy atom. The third kappa shape index (κ3) is 3.28. The molecule has 2 aromatic carbocycles. The first-order valence-corrected chi connectivity index (χ1v) is 6.68. The molecule has 0 aliphatic rings. The van der Waals surface area contributed by atoms with E-state index in [-0.39, 0.29) is 6.10 Å². The highest BCUT2D eigenvalue weighted by Gasteiger charge is 2.15. The molecule has 1 unspecified atom stereocenters. The van der Waals surface area contributed by atoms with Crippen molar-refractivity contribution >= 4 is 11.6 Å². The minimum Gasteiger partial charge on any atom is -0.483 e.